The Morgan fingerprint density at radius 3 is 2.26 bits per heavy atom. The Morgan fingerprint density at radius 1 is 1.15 bits per heavy atom. The highest BCUT2D eigenvalue weighted by atomic mass is 35.5. The number of fused-ring (bicyclic) bond motifs is 2. The van der Waals surface area contributed by atoms with Crippen molar-refractivity contribution in [2.75, 3.05) is 5.32 Å². The van der Waals surface area contributed by atoms with Gasteiger partial charge in [-0.05, 0) is 63.1 Å². The van der Waals surface area contributed by atoms with Crippen LogP contribution in [0.1, 0.15) is 58.4 Å². The number of anilines is 1. The molecule has 27 heavy (non-hydrogen) atoms. The van der Waals surface area contributed by atoms with Crippen molar-refractivity contribution < 1.29 is 9.59 Å². The van der Waals surface area contributed by atoms with Gasteiger partial charge in [0.05, 0.1) is 0 Å². The number of hydrogen-bond donors (Lipinski definition) is 2. The predicted octanol–water partition coefficient (Wildman–Crippen LogP) is 3.72. The van der Waals surface area contributed by atoms with Crippen LogP contribution in [0.25, 0.3) is 0 Å². The third-order valence-corrected chi connectivity index (χ3v) is 5.66. The van der Waals surface area contributed by atoms with E-state index in [4.69, 9.17) is 0 Å². The number of piperidine rings is 1. The molecule has 2 fully saturated rings. The summed E-state index contributed by atoms with van der Waals surface area (Å²) in [6.07, 6.45) is 5.38. The normalized spacial score (nSPS) is 23.6. The average Bonchev–Trinajstić information content (AvgIpc) is 2.92. The smallest absolute Gasteiger partial charge is 0.224 e. The molecule has 1 aromatic carbocycles. The molecular weight excluding hydrogens is 362 g/mol. The van der Waals surface area contributed by atoms with E-state index >= 15 is 0 Å². The van der Waals surface area contributed by atoms with Gasteiger partial charge in [0.1, 0.15) is 0 Å². The van der Waals surface area contributed by atoms with Gasteiger partial charge in [-0.1, -0.05) is 12.1 Å². The molecule has 2 saturated heterocycles. The SMILES string of the molecule is CC(=O)N(Cc1ccc(NC(=O)CC2CC3CCC(C2)N3)cc1)C(C)C.Cl. The first kappa shape index (κ1) is 21.7. The van der Waals surface area contributed by atoms with Crippen LogP contribution in [0.15, 0.2) is 24.3 Å². The Labute approximate surface area is 168 Å². The van der Waals surface area contributed by atoms with E-state index in [1.54, 1.807) is 6.92 Å². The molecule has 0 saturated carbocycles. The Hall–Kier alpha value is -1.59. The maximum atomic E-state index is 12.4. The number of nitrogens with one attached hydrogen (secondary N) is 2. The third-order valence-electron chi connectivity index (χ3n) is 5.66. The fourth-order valence-electron chi connectivity index (χ4n) is 4.36. The van der Waals surface area contributed by atoms with E-state index in [2.05, 4.69) is 10.6 Å². The molecule has 5 nitrogen and oxygen atoms in total. The summed E-state index contributed by atoms with van der Waals surface area (Å²) in [5.41, 5.74) is 1.90. The van der Waals surface area contributed by atoms with Crippen molar-refractivity contribution in [1.82, 2.24) is 10.2 Å². The standard InChI is InChI=1S/C21H31N3O2.ClH/c1-14(2)24(15(3)25)13-16-4-6-18(7-5-16)23-21(26)12-17-10-19-8-9-20(11-17)22-19;/h4-7,14,17,19-20,22H,8-13H2,1-3H3,(H,23,26);1H. The molecule has 3 rings (SSSR count). The van der Waals surface area contributed by atoms with Gasteiger partial charge in [-0.3, -0.25) is 9.59 Å². The van der Waals surface area contributed by atoms with Crippen LogP contribution in [0.5, 0.6) is 0 Å². The fourth-order valence-corrected chi connectivity index (χ4v) is 4.36. The minimum Gasteiger partial charge on any atom is -0.336 e. The number of carbonyl (C=O) groups is 2. The zero-order valence-corrected chi connectivity index (χ0v) is 17.3. The van der Waals surface area contributed by atoms with Crippen LogP contribution in [-0.4, -0.2) is 34.8 Å². The van der Waals surface area contributed by atoms with Crippen LogP contribution in [0.4, 0.5) is 5.69 Å². The molecular formula is C21H32ClN3O2. The number of halogens is 1. The van der Waals surface area contributed by atoms with Crippen LogP contribution in [-0.2, 0) is 16.1 Å². The van der Waals surface area contributed by atoms with Crippen molar-refractivity contribution in [2.45, 2.75) is 77.5 Å². The summed E-state index contributed by atoms with van der Waals surface area (Å²) >= 11 is 0. The van der Waals surface area contributed by atoms with Gasteiger partial charge in [0.25, 0.3) is 0 Å². The summed E-state index contributed by atoms with van der Waals surface area (Å²) in [6.45, 7) is 6.23. The molecule has 2 bridgehead atoms. The second-order valence-corrected chi connectivity index (χ2v) is 8.17. The van der Waals surface area contributed by atoms with Crippen molar-refractivity contribution in [3.05, 3.63) is 29.8 Å². The second kappa shape index (κ2) is 9.56. The third kappa shape index (κ3) is 5.94. The van der Waals surface area contributed by atoms with E-state index in [1.807, 2.05) is 43.0 Å². The highest BCUT2D eigenvalue weighted by Crippen LogP contribution is 2.32. The van der Waals surface area contributed by atoms with Gasteiger partial charge in [0.2, 0.25) is 11.8 Å². The molecule has 6 heteroatoms. The lowest BCUT2D eigenvalue weighted by Crippen LogP contribution is -2.39. The molecule has 0 radical (unpaired) electrons. The predicted molar refractivity (Wildman–Crippen MR) is 111 cm³/mol. The zero-order valence-electron chi connectivity index (χ0n) is 16.5. The summed E-state index contributed by atoms with van der Waals surface area (Å²) in [7, 11) is 0. The molecule has 0 aromatic heterocycles. The number of benzene rings is 1. The van der Waals surface area contributed by atoms with E-state index in [0.717, 1.165) is 24.1 Å². The first-order valence-electron chi connectivity index (χ1n) is 9.82. The van der Waals surface area contributed by atoms with Gasteiger partial charge in [-0.25, -0.2) is 0 Å². The number of carbonyl (C=O) groups excluding carboxylic acids is 2. The summed E-state index contributed by atoms with van der Waals surface area (Å²) in [6, 6.07) is 9.24. The van der Waals surface area contributed by atoms with Gasteiger partial charge < -0.3 is 15.5 Å². The largest absolute Gasteiger partial charge is 0.336 e. The number of hydrogen-bond acceptors (Lipinski definition) is 3. The monoisotopic (exact) mass is 393 g/mol. The van der Waals surface area contributed by atoms with Crippen LogP contribution >= 0.6 is 12.4 Å². The Balaban J connectivity index is 0.00000261. The second-order valence-electron chi connectivity index (χ2n) is 8.17. The summed E-state index contributed by atoms with van der Waals surface area (Å²) in [5.74, 6) is 0.688. The fraction of sp³-hybridized carbons (Fsp3) is 0.619. The van der Waals surface area contributed by atoms with Crippen LogP contribution in [0.2, 0.25) is 0 Å². The highest BCUT2D eigenvalue weighted by molar-refractivity contribution is 5.90. The lowest BCUT2D eigenvalue weighted by Gasteiger charge is -2.28. The molecule has 2 aliphatic rings. The first-order chi connectivity index (χ1) is 12.4. The first-order valence-corrected chi connectivity index (χ1v) is 9.82. The zero-order chi connectivity index (χ0) is 18.7. The van der Waals surface area contributed by atoms with Crippen molar-refractivity contribution >= 4 is 29.9 Å². The lowest BCUT2D eigenvalue weighted by molar-refractivity contribution is -0.131. The molecule has 2 aliphatic heterocycles. The summed E-state index contributed by atoms with van der Waals surface area (Å²) in [4.78, 5) is 25.9. The quantitative estimate of drug-likeness (QED) is 0.774. The molecule has 1 aromatic rings. The lowest BCUT2D eigenvalue weighted by atomic mass is 9.89. The van der Waals surface area contributed by atoms with Gasteiger partial charge >= 0.3 is 0 Å². The molecule has 2 unspecified atom stereocenters. The van der Waals surface area contributed by atoms with E-state index < -0.39 is 0 Å². The van der Waals surface area contributed by atoms with E-state index in [1.165, 1.54) is 12.8 Å². The highest BCUT2D eigenvalue weighted by Gasteiger charge is 2.34. The molecule has 2 heterocycles. The Bertz CT molecular complexity index is 635. The van der Waals surface area contributed by atoms with E-state index in [9.17, 15) is 9.59 Å². The van der Waals surface area contributed by atoms with Gasteiger partial charge in [-0.2, -0.15) is 0 Å². The summed E-state index contributed by atoms with van der Waals surface area (Å²) < 4.78 is 0. The van der Waals surface area contributed by atoms with Gasteiger partial charge in [0, 0.05) is 43.7 Å². The summed E-state index contributed by atoms with van der Waals surface area (Å²) in [5, 5.41) is 6.65. The van der Waals surface area contributed by atoms with Crippen molar-refractivity contribution in [3.8, 4) is 0 Å². The Morgan fingerprint density at radius 2 is 1.74 bits per heavy atom. The van der Waals surface area contributed by atoms with E-state index in [0.29, 0.717) is 31.0 Å². The topological polar surface area (TPSA) is 61.4 Å². The van der Waals surface area contributed by atoms with Gasteiger partial charge in [-0.15, -0.1) is 12.4 Å². The minimum atomic E-state index is 0. The maximum Gasteiger partial charge on any atom is 0.224 e. The van der Waals surface area contributed by atoms with Gasteiger partial charge in [0.15, 0.2) is 0 Å². The van der Waals surface area contributed by atoms with Crippen LogP contribution in [0.3, 0.4) is 0 Å². The minimum absolute atomic E-state index is 0. The maximum absolute atomic E-state index is 12.4. The number of nitrogens with zero attached hydrogens (tertiary/aromatic N) is 1. The van der Waals surface area contributed by atoms with Crippen molar-refractivity contribution in [2.24, 2.45) is 5.92 Å². The molecule has 150 valence electrons. The van der Waals surface area contributed by atoms with Crippen LogP contribution < -0.4 is 10.6 Å². The number of amides is 2. The average molecular weight is 394 g/mol. The molecule has 2 amide bonds. The molecule has 2 atom stereocenters. The molecule has 0 aliphatic carbocycles. The van der Waals surface area contributed by atoms with Crippen molar-refractivity contribution in [3.63, 3.8) is 0 Å². The van der Waals surface area contributed by atoms with E-state index in [-0.39, 0.29) is 30.3 Å². The molecule has 2 N–H and O–H groups in total. The van der Waals surface area contributed by atoms with Crippen molar-refractivity contribution in [1.29, 1.82) is 0 Å². The number of rotatable bonds is 6. The van der Waals surface area contributed by atoms with Crippen LogP contribution in [0, 0.1) is 5.92 Å². The Kier molecular flexibility index (Phi) is 7.68. The molecule has 0 spiro atoms.